The van der Waals surface area contributed by atoms with Crippen molar-refractivity contribution in [1.29, 1.82) is 5.26 Å². The number of aromatic nitrogens is 2. The molecule has 2 unspecified atom stereocenters. The maximum atomic E-state index is 16.9. The number of nitrogen functional groups attached to an aromatic ring is 1. The van der Waals surface area contributed by atoms with E-state index < -0.39 is 46.2 Å². The van der Waals surface area contributed by atoms with Gasteiger partial charge in [-0.2, -0.15) is 28.4 Å². The van der Waals surface area contributed by atoms with E-state index in [4.69, 9.17) is 10.5 Å². The standard InChI is InChI=1S/C32H31F6N7O2S/c1-16(46)43(2)9-10-44(3)29-19-11-21(32(36,37)38)24(18-5-6-22(34)27-23(18)20(13-39)28(40)48-27)25(35)26(19)41-30(42-29)47-15-31-7-4-8-45(31)14-17(33)12-31/h5-6,11,17H,4,7-10,12,14-15,40H2,1-3H3. The van der Waals surface area contributed by atoms with Gasteiger partial charge in [-0.3, -0.25) is 9.69 Å². The zero-order chi connectivity index (χ0) is 34.7. The minimum atomic E-state index is -5.12. The minimum absolute atomic E-state index is 0.0252. The Kier molecular flexibility index (Phi) is 8.57. The van der Waals surface area contributed by atoms with E-state index in [-0.39, 0.29) is 82.0 Å². The van der Waals surface area contributed by atoms with Gasteiger partial charge in [0.05, 0.1) is 21.4 Å². The van der Waals surface area contributed by atoms with Crippen molar-refractivity contribution in [3.05, 3.63) is 41.0 Å². The Balaban J connectivity index is 1.57. The molecule has 2 atom stereocenters. The summed E-state index contributed by atoms with van der Waals surface area (Å²) in [5, 5.41) is 9.10. The molecule has 2 aromatic carbocycles. The van der Waals surface area contributed by atoms with Gasteiger partial charge in [-0.1, -0.05) is 6.07 Å². The molecule has 9 nitrogen and oxygen atoms in total. The number of hydrogen-bond acceptors (Lipinski definition) is 9. The molecule has 16 heteroatoms. The third-order valence-corrected chi connectivity index (χ3v) is 10.3. The van der Waals surface area contributed by atoms with Crippen molar-refractivity contribution >= 4 is 49.1 Å². The monoisotopic (exact) mass is 691 g/mol. The lowest BCUT2D eigenvalue weighted by Crippen LogP contribution is -2.43. The average Bonchev–Trinajstić information content (AvgIpc) is 3.67. The molecule has 2 aliphatic heterocycles. The van der Waals surface area contributed by atoms with Crippen LogP contribution in [0.3, 0.4) is 0 Å². The highest BCUT2D eigenvalue weighted by Crippen LogP contribution is 2.48. The molecule has 4 heterocycles. The van der Waals surface area contributed by atoms with Gasteiger partial charge in [-0.05, 0) is 37.1 Å². The quantitative estimate of drug-likeness (QED) is 0.220. The highest BCUT2D eigenvalue weighted by molar-refractivity contribution is 7.23. The zero-order valence-corrected chi connectivity index (χ0v) is 27.0. The van der Waals surface area contributed by atoms with Crippen molar-refractivity contribution in [3.63, 3.8) is 0 Å². The van der Waals surface area contributed by atoms with E-state index in [1.165, 1.54) is 23.8 Å². The first-order valence-corrected chi connectivity index (χ1v) is 15.9. The first kappa shape index (κ1) is 33.5. The molecule has 48 heavy (non-hydrogen) atoms. The number of likely N-dealkylation sites (N-methyl/N-ethyl adjacent to an activating group) is 2. The Labute approximate surface area is 275 Å². The second kappa shape index (κ2) is 12.3. The number of nitrogens with two attached hydrogens (primary N) is 1. The summed E-state index contributed by atoms with van der Waals surface area (Å²) in [6.45, 7) is 2.54. The van der Waals surface area contributed by atoms with E-state index in [1.54, 1.807) is 13.1 Å². The number of benzene rings is 2. The van der Waals surface area contributed by atoms with Gasteiger partial charge in [0.1, 0.15) is 41.0 Å². The predicted octanol–water partition coefficient (Wildman–Crippen LogP) is 6.13. The molecule has 0 aliphatic carbocycles. The summed E-state index contributed by atoms with van der Waals surface area (Å²) in [5.41, 5.74) is 1.78. The normalized spacial score (nSPS) is 19.5. The molecule has 2 N–H and O–H groups in total. The third kappa shape index (κ3) is 5.72. The number of carbonyl (C=O) groups excluding carboxylic acids is 1. The number of halogens is 6. The lowest BCUT2D eigenvalue weighted by atomic mass is 9.92. The highest BCUT2D eigenvalue weighted by Gasteiger charge is 2.49. The van der Waals surface area contributed by atoms with Crippen LogP contribution in [0.15, 0.2) is 18.2 Å². The van der Waals surface area contributed by atoms with Gasteiger partial charge in [0.15, 0.2) is 5.82 Å². The van der Waals surface area contributed by atoms with Crippen molar-refractivity contribution in [1.82, 2.24) is 19.8 Å². The lowest BCUT2D eigenvalue weighted by Gasteiger charge is -2.31. The molecule has 6 rings (SSSR count). The van der Waals surface area contributed by atoms with Gasteiger partial charge in [-0.15, -0.1) is 11.3 Å². The van der Waals surface area contributed by atoms with Gasteiger partial charge in [0.25, 0.3) is 0 Å². The van der Waals surface area contributed by atoms with Crippen LogP contribution < -0.4 is 15.4 Å². The summed E-state index contributed by atoms with van der Waals surface area (Å²) in [6, 6.07) is 4.06. The van der Waals surface area contributed by atoms with E-state index in [0.29, 0.717) is 24.3 Å². The highest BCUT2D eigenvalue weighted by atomic mass is 32.1. The Morgan fingerprint density at radius 2 is 2.00 bits per heavy atom. The van der Waals surface area contributed by atoms with E-state index in [9.17, 15) is 32.0 Å². The van der Waals surface area contributed by atoms with Crippen LogP contribution in [0.4, 0.5) is 37.2 Å². The average molecular weight is 692 g/mol. The summed E-state index contributed by atoms with van der Waals surface area (Å²) in [7, 11) is 3.08. The molecular formula is C32H31F6N7O2S. The van der Waals surface area contributed by atoms with E-state index >= 15 is 4.39 Å². The second-order valence-corrected chi connectivity index (χ2v) is 13.4. The summed E-state index contributed by atoms with van der Waals surface area (Å²) >= 11 is 0.671. The molecule has 0 bridgehead atoms. The maximum Gasteiger partial charge on any atom is 0.417 e. The Morgan fingerprint density at radius 1 is 1.25 bits per heavy atom. The van der Waals surface area contributed by atoms with Crippen LogP contribution in [0.5, 0.6) is 6.01 Å². The molecule has 0 saturated carbocycles. The molecule has 0 radical (unpaired) electrons. The van der Waals surface area contributed by atoms with Gasteiger partial charge in [0.2, 0.25) is 5.91 Å². The number of anilines is 2. The van der Waals surface area contributed by atoms with Gasteiger partial charge >= 0.3 is 12.2 Å². The molecule has 2 aromatic heterocycles. The summed E-state index contributed by atoms with van der Waals surface area (Å²) in [6.07, 6.45) is -4.46. The van der Waals surface area contributed by atoms with E-state index in [1.807, 2.05) is 4.90 Å². The maximum absolute atomic E-state index is 16.9. The Hall–Kier alpha value is -4.36. The van der Waals surface area contributed by atoms with Crippen molar-refractivity contribution in [2.45, 2.75) is 44.1 Å². The second-order valence-electron chi connectivity index (χ2n) is 12.3. The fraction of sp³-hybridized carbons (Fsp3) is 0.438. The van der Waals surface area contributed by atoms with Crippen LogP contribution in [-0.4, -0.2) is 84.3 Å². The topological polar surface area (TPSA) is 112 Å². The largest absolute Gasteiger partial charge is 0.461 e. The number of rotatable bonds is 8. The van der Waals surface area contributed by atoms with Crippen molar-refractivity contribution in [2.24, 2.45) is 0 Å². The fourth-order valence-corrected chi connectivity index (χ4v) is 7.70. The van der Waals surface area contributed by atoms with Crippen LogP contribution in [0, 0.1) is 23.0 Å². The number of carbonyl (C=O) groups is 1. The molecule has 2 saturated heterocycles. The fourth-order valence-electron chi connectivity index (χ4n) is 6.75. The van der Waals surface area contributed by atoms with Crippen molar-refractivity contribution in [3.8, 4) is 23.2 Å². The number of nitriles is 1. The van der Waals surface area contributed by atoms with Gasteiger partial charge in [-0.25, -0.2) is 13.2 Å². The van der Waals surface area contributed by atoms with E-state index in [0.717, 1.165) is 24.6 Å². The minimum Gasteiger partial charge on any atom is -0.461 e. The number of hydrogen-bond donors (Lipinski definition) is 1. The van der Waals surface area contributed by atoms with Crippen LogP contribution in [0.1, 0.15) is 37.3 Å². The summed E-state index contributed by atoms with van der Waals surface area (Å²) in [4.78, 5) is 25.3. The van der Waals surface area contributed by atoms with Crippen LogP contribution in [0.25, 0.3) is 32.1 Å². The zero-order valence-electron chi connectivity index (χ0n) is 26.2. The smallest absolute Gasteiger partial charge is 0.417 e. The molecule has 1 amide bonds. The SMILES string of the molecule is CC(=O)N(C)CCN(C)c1nc(OCC23CCCN2CC(F)C3)nc2c(F)c(-c3ccc(F)c4sc(N)c(C#N)c34)c(C(F)(F)F)cc12. The number of fused-ring (bicyclic) bond motifs is 3. The van der Waals surface area contributed by atoms with Crippen LogP contribution >= 0.6 is 11.3 Å². The Bertz CT molecular complexity index is 1980. The first-order chi connectivity index (χ1) is 22.6. The summed E-state index contributed by atoms with van der Waals surface area (Å²) < 4.78 is 96.4. The number of ether oxygens (including phenoxy) is 1. The third-order valence-electron chi connectivity index (χ3n) is 9.30. The Morgan fingerprint density at radius 3 is 2.69 bits per heavy atom. The first-order valence-electron chi connectivity index (χ1n) is 15.1. The molecule has 254 valence electrons. The molecular weight excluding hydrogens is 660 g/mol. The number of amides is 1. The lowest BCUT2D eigenvalue weighted by molar-refractivity contribution is -0.137. The van der Waals surface area contributed by atoms with Crippen LogP contribution in [0.2, 0.25) is 0 Å². The van der Waals surface area contributed by atoms with Crippen LogP contribution in [-0.2, 0) is 11.0 Å². The number of alkyl halides is 4. The van der Waals surface area contributed by atoms with Gasteiger partial charge in [0, 0.05) is 63.4 Å². The molecule has 2 fully saturated rings. The van der Waals surface area contributed by atoms with Gasteiger partial charge < -0.3 is 20.3 Å². The molecule has 2 aliphatic rings. The number of nitrogens with zero attached hydrogens (tertiary/aromatic N) is 6. The van der Waals surface area contributed by atoms with Crippen molar-refractivity contribution in [2.75, 3.05) is 57.5 Å². The predicted molar refractivity (Wildman–Crippen MR) is 170 cm³/mol. The summed E-state index contributed by atoms with van der Waals surface area (Å²) in [5.74, 6) is -2.56. The number of thiophene rings is 1. The molecule has 4 aromatic rings. The van der Waals surface area contributed by atoms with E-state index in [2.05, 4.69) is 9.97 Å². The molecule has 0 spiro atoms. The van der Waals surface area contributed by atoms with Crippen molar-refractivity contribution < 1.29 is 35.9 Å².